The molecule has 0 atom stereocenters. The van der Waals surface area contributed by atoms with E-state index in [1.807, 2.05) is 48.5 Å². The van der Waals surface area contributed by atoms with Crippen LogP contribution in [0.1, 0.15) is 59.7 Å². The zero-order valence-electron chi connectivity index (χ0n) is 63.9. The van der Waals surface area contributed by atoms with Gasteiger partial charge < -0.3 is 58.0 Å². The summed E-state index contributed by atoms with van der Waals surface area (Å²) in [5, 5.41) is 65.4. The summed E-state index contributed by atoms with van der Waals surface area (Å²) in [5.41, 5.74) is 42.5. The van der Waals surface area contributed by atoms with Gasteiger partial charge >= 0.3 is 11.9 Å². The van der Waals surface area contributed by atoms with Gasteiger partial charge in [-0.15, -0.1) is 0 Å². The molecule has 111 heavy (non-hydrogen) atoms. The monoisotopic (exact) mass is 1540 g/mol. The second-order valence-corrected chi connectivity index (χ2v) is 22.6. The molecule has 31 N–H and O–H groups in total. The van der Waals surface area contributed by atoms with Crippen LogP contribution in [0.3, 0.4) is 0 Å². The Kier molecular flexibility index (Phi) is 46.1. The van der Waals surface area contributed by atoms with Crippen LogP contribution in [0.4, 0.5) is 0 Å². The first-order valence-corrected chi connectivity index (χ1v) is 33.0. The number of carbonyl (C=O) groups is 2. The summed E-state index contributed by atoms with van der Waals surface area (Å²) in [4.78, 5) is 50.6. The van der Waals surface area contributed by atoms with Crippen LogP contribution in [0, 0.1) is 5.92 Å². The van der Waals surface area contributed by atoms with Gasteiger partial charge in [0.1, 0.15) is 57.3 Å². The molecule has 0 saturated carbocycles. The molecular formula is C76H106N21O14+7. The van der Waals surface area contributed by atoms with Crippen LogP contribution in [0.25, 0.3) is 0 Å². The number of aliphatic imine (C=N–C) groups is 7. The number of aromatic hydroxyl groups is 3. The van der Waals surface area contributed by atoms with E-state index < -0.39 is 5.97 Å². The highest BCUT2D eigenvalue weighted by atomic mass is 16.6. The van der Waals surface area contributed by atoms with Crippen molar-refractivity contribution in [3.05, 3.63) is 178 Å². The standard InChI is InChI=1S/C14H19N3O3.C12H15N3O3.3C10H13N3O2.2C10H13N3O/c1-9(2)14(18)20-11-5-4-10(6-12(11)19-3)7-17-8-13(15)16;1-8(16)18-10-4-3-9(5-11(10)17-2)6-15-7-12(13)14;1-15-9-3-2-7(4-8(9)14)5-13-6-10(11)12;1-15-9-4-7(2-3-8(9)14)5-13-6-10(11)12;1-15-8-4-2-3-7(10(8)14)5-13-6-9(11)12;1-14-9-4-2-8(3-5-9)6-13-7-10(11)12;1-14-9-5-3-2-4-8(9)6-13-7-10(11)12/h4-7,9H,8H2,1-3H3,(H3,15,16);3-6H,7H2,1-2H3,(H3,13,14);3*2-5,14H,6H2,1H3,(H3,11,12);2*2-6H,7H2,1H3,(H3,11,12)/p+7. The number of para-hydroxylation sites is 2. The van der Waals surface area contributed by atoms with Crippen molar-refractivity contribution >= 4 is 96.3 Å². The number of benzene rings is 7. The molecule has 0 bridgehead atoms. The normalized spacial score (nSPS) is 10.5. The zero-order chi connectivity index (χ0) is 83.2. The van der Waals surface area contributed by atoms with Crippen molar-refractivity contribution in [1.82, 2.24) is 0 Å². The van der Waals surface area contributed by atoms with Crippen LogP contribution < -0.4 is 121 Å². The van der Waals surface area contributed by atoms with Gasteiger partial charge in [0, 0.05) is 61.6 Å². The molecule has 7 aromatic rings. The van der Waals surface area contributed by atoms with E-state index in [0.29, 0.717) is 70.6 Å². The minimum Gasteiger partial charge on any atom is -0.504 e. The van der Waals surface area contributed by atoms with Crippen molar-refractivity contribution in [3.8, 4) is 69.0 Å². The van der Waals surface area contributed by atoms with Gasteiger partial charge in [0.05, 0.1) is 55.7 Å². The molecule has 0 radical (unpaired) electrons. The maximum atomic E-state index is 11.6. The van der Waals surface area contributed by atoms with Gasteiger partial charge in [-0.3, -0.25) is 123 Å². The molecule has 0 amide bonds. The average molecular weight is 1540 g/mol. The Bertz CT molecular complexity index is 4390. The Morgan fingerprint density at radius 3 is 1.05 bits per heavy atom. The second-order valence-electron chi connectivity index (χ2n) is 22.6. The number of hydrogen-bond acceptors (Lipinski definition) is 21. The molecule has 35 heteroatoms. The number of esters is 2. The number of methoxy groups -OCH3 is 7. The summed E-state index contributed by atoms with van der Waals surface area (Å²) in [6.07, 6.45) is 11.3. The van der Waals surface area contributed by atoms with E-state index in [2.05, 4.69) is 34.9 Å². The van der Waals surface area contributed by atoms with Gasteiger partial charge in [-0.2, -0.15) is 0 Å². The minimum atomic E-state index is -0.403. The summed E-state index contributed by atoms with van der Waals surface area (Å²) >= 11 is 0. The Labute approximate surface area is 643 Å². The fraction of sp³-hybridized carbons (Fsp3) is 0.237. The van der Waals surface area contributed by atoms with Crippen molar-refractivity contribution in [2.45, 2.75) is 20.8 Å². The highest BCUT2D eigenvalue weighted by Crippen LogP contribution is 2.31. The molecular weight excluding hydrogens is 1430 g/mol. The minimum absolute atomic E-state index is 0.0549. The molecule has 0 heterocycles. The third kappa shape index (κ3) is 42.3. The number of rotatable bonds is 31. The van der Waals surface area contributed by atoms with E-state index in [9.17, 15) is 24.9 Å². The molecule has 0 aliphatic heterocycles. The third-order valence-electron chi connectivity index (χ3n) is 12.8. The Hall–Kier alpha value is -14.5. The van der Waals surface area contributed by atoms with E-state index in [4.69, 9.17) is 121 Å². The molecule has 0 spiro atoms. The van der Waals surface area contributed by atoms with Crippen molar-refractivity contribution in [1.29, 1.82) is 0 Å². The fourth-order valence-corrected chi connectivity index (χ4v) is 7.69. The van der Waals surface area contributed by atoms with Crippen LogP contribution in [-0.2, 0) is 9.59 Å². The first-order chi connectivity index (χ1) is 52.8. The average Bonchev–Trinajstić information content (AvgIpc) is 0.907. The second kappa shape index (κ2) is 54.1. The number of carbonyl (C=O) groups excluding carboxylic acids is 2. The molecule has 7 aromatic carbocycles. The number of ether oxygens (including phenoxy) is 9. The predicted octanol–water partition coefficient (Wildman–Crippen LogP) is -5.78. The van der Waals surface area contributed by atoms with Gasteiger partial charge in [-0.05, 0) is 149 Å². The highest BCUT2D eigenvalue weighted by Gasteiger charge is 2.15. The lowest BCUT2D eigenvalue weighted by molar-refractivity contribution is -0.138. The number of phenols is 3. The third-order valence-corrected chi connectivity index (χ3v) is 12.8. The maximum Gasteiger partial charge on any atom is 0.313 e. The highest BCUT2D eigenvalue weighted by molar-refractivity contribution is 5.90. The zero-order valence-corrected chi connectivity index (χ0v) is 63.9. The van der Waals surface area contributed by atoms with Crippen LogP contribution in [0.2, 0.25) is 0 Å². The number of nitrogens with zero attached hydrogens (tertiary/aromatic N) is 7. The first-order valence-electron chi connectivity index (χ1n) is 33.0. The van der Waals surface area contributed by atoms with Crippen molar-refractivity contribution in [3.63, 3.8) is 0 Å². The summed E-state index contributed by atoms with van der Waals surface area (Å²) in [5.74, 6) is 5.69. The number of amidine groups is 7. The van der Waals surface area contributed by atoms with Crippen LogP contribution in [-0.4, -0.2) is 207 Å². The van der Waals surface area contributed by atoms with E-state index in [1.165, 1.54) is 54.8 Å². The molecule has 0 fully saturated rings. The summed E-state index contributed by atoms with van der Waals surface area (Å²) in [6.45, 7) is 6.85. The number of hydrogen-bond donors (Lipinski definition) is 17. The van der Waals surface area contributed by atoms with Gasteiger partial charge in [-0.25, -0.2) is 0 Å². The molecule has 7 rings (SSSR count). The van der Waals surface area contributed by atoms with Crippen LogP contribution in [0.15, 0.2) is 174 Å². The van der Waals surface area contributed by atoms with Crippen molar-refractivity contribution in [2.24, 2.45) is 81.0 Å². The lowest BCUT2D eigenvalue weighted by Crippen LogP contribution is -2.47. The summed E-state index contributed by atoms with van der Waals surface area (Å²) < 4.78 is 45.5. The topological polar surface area (TPSA) is 626 Å². The lowest BCUT2D eigenvalue weighted by Gasteiger charge is -2.11. The molecule has 592 valence electrons. The van der Waals surface area contributed by atoms with Crippen molar-refractivity contribution in [2.75, 3.05) is 95.6 Å². The van der Waals surface area contributed by atoms with Gasteiger partial charge in [0.25, 0.3) is 40.8 Å². The largest absolute Gasteiger partial charge is 0.504 e. The molecule has 0 saturated heterocycles. The maximum absolute atomic E-state index is 11.6. The van der Waals surface area contributed by atoms with Gasteiger partial charge in [0.15, 0.2) is 57.5 Å². The predicted molar refractivity (Wildman–Crippen MR) is 433 cm³/mol. The summed E-state index contributed by atoms with van der Waals surface area (Å²) in [6, 6.07) is 40.5. The van der Waals surface area contributed by atoms with Crippen LogP contribution in [0.5, 0.6) is 69.0 Å². The van der Waals surface area contributed by atoms with Gasteiger partial charge in [0.2, 0.25) is 0 Å². The molecule has 35 nitrogen and oxygen atoms in total. The quantitative estimate of drug-likeness (QED) is 0.00833. The fourth-order valence-electron chi connectivity index (χ4n) is 7.69. The smallest absolute Gasteiger partial charge is 0.313 e. The molecule has 0 unspecified atom stereocenters. The van der Waals surface area contributed by atoms with E-state index >= 15 is 0 Å². The summed E-state index contributed by atoms with van der Waals surface area (Å²) in [7, 11) is 10.7. The van der Waals surface area contributed by atoms with E-state index in [-0.39, 0.29) is 91.0 Å². The SMILES string of the molecule is COc1cc(C=NCC(N)=[NH2+])ccc1O.COc1cc(C=NCC(N)=[NH2+])ccc1OC(=O)C(C)C.COc1cc(C=NCC(N)=[NH2+])ccc1OC(C)=O.COc1ccc(C=NCC(N)=[NH2+])cc1.COc1ccc(C=NCC(N)=[NH2+])cc1O.COc1cccc(C=NCC(N)=[NH2+])c1O.COc1ccccc1C=NCC(N)=[NH2+]. The Morgan fingerprint density at radius 2 is 0.667 bits per heavy atom. The molecule has 0 aromatic heterocycles. The van der Waals surface area contributed by atoms with E-state index in [0.717, 1.165) is 44.9 Å². The van der Waals surface area contributed by atoms with Gasteiger partial charge in [-0.1, -0.05) is 32.0 Å². The Morgan fingerprint density at radius 1 is 0.342 bits per heavy atom. The van der Waals surface area contributed by atoms with Crippen LogP contribution >= 0.6 is 0 Å². The Balaban J connectivity index is 0.000000650. The van der Waals surface area contributed by atoms with Crippen molar-refractivity contribution < 1.29 is 105 Å². The number of nitrogens with two attached hydrogens (primary N) is 14. The lowest BCUT2D eigenvalue weighted by atomic mass is 10.2. The molecule has 0 aliphatic rings. The molecule has 0 aliphatic carbocycles. The number of phenolic OH excluding ortho intramolecular Hbond substituents is 3. The first kappa shape index (κ1) is 94.5. The van der Waals surface area contributed by atoms with E-state index in [1.54, 1.807) is 150 Å².